The molecule has 0 nitrogen and oxygen atoms in total. The summed E-state index contributed by atoms with van der Waals surface area (Å²) >= 11 is 0. The monoisotopic (exact) mass is 230 g/mol. The van der Waals surface area contributed by atoms with Gasteiger partial charge in [-0.2, -0.15) is 0 Å². The molecule has 0 aromatic heterocycles. The Morgan fingerprint density at radius 3 is 2.47 bits per heavy atom. The van der Waals surface area contributed by atoms with Crippen molar-refractivity contribution in [2.75, 3.05) is 0 Å². The van der Waals surface area contributed by atoms with Gasteiger partial charge in [-0.1, -0.05) is 43.4 Å². The molecular weight excluding hydrogens is 204 g/mol. The van der Waals surface area contributed by atoms with Gasteiger partial charge in [0.25, 0.3) is 0 Å². The molecule has 17 heavy (non-hydrogen) atoms. The lowest BCUT2D eigenvalue weighted by molar-refractivity contribution is 0.388. The molecule has 4 unspecified atom stereocenters. The fourth-order valence-corrected chi connectivity index (χ4v) is 3.11. The van der Waals surface area contributed by atoms with Gasteiger partial charge in [0.15, 0.2) is 0 Å². The highest BCUT2D eigenvalue weighted by Gasteiger charge is 2.37. The zero-order valence-corrected chi connectivity index (χ0v) is 11.3. The second kappa shape index (κ2) is 7.32. The molecule has 0 amide bonds. The molecule has 0 aromatic rings. The fraction of sp³-hybridized carbons (Fsp3) is 0.529. The van der Waals surface area contributed by atoms with Crippen LogP contribution >= 0.6 is 0 Å². The number of hydrogen-bond donors (Lipinski definition) is 0. The lowest BCUT2D eigenvalue weighted by atomic mass is 9.84. The molecule has 0 saturated heterocycles. The van der Waals surface area contributed by atoms with Crippen LogP contribution in [0, 0.1) is 23.7 Å². The normalized spacial score (nSPS) is 33.5. The van der Waals surface area contributed by atoms with Gasteiger partial charge in [-0.25, -0.2) is 0 Å². The maximum Gasteiger partial charge on any atom is -0.0136 e. The average molecular weight is 230 g/mol. The summed E-state index contributed by atoms with van der Waals surface area (Å²) in [6, 6.07) is 0. The van der Waals surface area contributed by atoms with Gasteiger partial charge in [0, 0.05) is 0 Å². The minimum absolute atomic E-state index is 0.608. The molecular formula is C17H26. The van der Waals surface area contributed by atoms with Gasteiger partial charge in [-0.15, -0.1) is 13.2 Å². The zero-order valence-electron chi connectivity index (χ0n) is 11.3. The zero-order chi connectivity index (χ0) is 12.7. The molecule has 0 N–H and O–H groups in total. The lowest BCUT2D eigenvalue weighted by Gasteiger charge is -2.20. The first-order chi connectivity index (χ1) is 8.28. The summed E-state index contributed by atoms with van der Waals surface area (Å²) in [7, 11) is 0. The van der Waals surface area contributed by atoms with E-state index in [1.807, 2.05) is 0 Å². The Morgan fingerprint density at radius 2 is 1.94 bits per heavy atom. The Hall–Kier alpha value is -1.04. The largest absolute Gasteiger partial charge is 0.103 e. The molecule has 1 aliphatic rings. The molecule has 1 aliphatic carbocycles. The third kappa shape index (κ3) is 3.46. The van der Waals surface area contributed by atoms with Gasteiger partial charge < -0.3 is 0 Å². The Labute approximate surface area is 107 Å². The van der Waals surface area contributed by atoms with Crippen molar-refractivity contribution in [3.05, 3.63) is 49.6 Å². The third-order valence-corrected chi connectivity index (χ3v) is 3.85. The Bertz CT molecular complexity index is 295. The maximum atomic E-state index is 4.04. The van der Waals surface area contributed by atoms with Crippen LogP contribution in [0.2, 0.25) is 0 Å². The van der Waals surface area contributed by atoms with Crippen LogP contribution in [0.1, 0.15) is 33.1 Å². The van der Waals surface area contributed by atoms with E-state index in [1.165, 1.54) is 6.42 Å². The fourth-order valence-electron chi connectivity index (χ4n) is 3.11. The summed E-state index contributed by atoms with van der Waals surface area (Å²) in [6.07, 6.45) is 16.9. The SMILES string of the molecule is C=CCC1C(/C=C\C)CC(/C=C\CC)C1C=C. The highest BCUT2D eigenvalue weighted by Crippen LogP contribution is 2.45. The minimum Gasteiger partial charge on any atom is -0.103 e. The number of allylic oxidation sites excluding steroid dienone is 6. The van der Waals surface area contributed by atoms with Crippen LogP contribution in [0.15, 0.2) is 49.6 Å². The summed E-state index contributed by atoms with van der Waals surface area (Å²) in [6.45, 7) is 12.2. The Balaban J connectivity index is 2.85. The van der Waals surface area contributed by atoms with Crippen molar-refractivity contribution >= 4 is 0 Å². The van der Waals surface area contributed by atoms with E-state index in [0.29, 0.717) is 23.7 Å². The Morgan fingerprint density at radius 1 is 1.18 bits per heavy atom. The molecule has 0 radical (unpaired) electrons. The average Bonchev–Trinajstić information content (AvgIpc) is 2.65. The van der Waals surface area contributed by atoms with Gasteiger partial charge in [-0.3, -0.25) is 0 Å². The van der Waals surface area contributed by atoms with Gasteiger partial charge in [0.2, 0.25) is 0 Å². The molecule has 0 bridgehead atoms. The third-order valence-electron chi connectivity index (χ3n) is 3.85. The van der Waals surface area contributed by atoms with Gasteiger partial charge in [0.1, 0.15) is 0 Å². The Kier molecular flexibility index (Phi) is 6.04. The molecule has 0 spiro atoms. The van der Waals surface area contributed by atoms with Crippen LogP contribution in [0.3, 0.4) is 0 Å². The first kappa shape index (κ1) is 14.0. The first-order valence-electron chi connectivity index (χ1n) is 6.81. The standard InChI is InChI=1S/C17H26/c1-5-9-12-15-13-14(10-6-2)17(11-7-3)16(15)8-4/h6-10,12,14-17H,3-5,11,13H2,1-2H3/b10-6-,12-9-. The molecule has 4 atom stereocenters. The van der Waals surface area contributed by atoms with Gasteiger partial charge >= 0.3 is 0 Å². The molecule has 1 rings (SSSR count). The van der Waals surface area contributed by atoms with Crippen LogP contribution in [-0.4, -0.2) is 0 Å². The lowest BCUT2D eigenvalue weighted by Crippen LogP contribution is -2.13. The summed E-state index contributed by atoms with van der Waals surface area (Å²) in [5, 5.41) is 0. The second-order valence-corrected chi connectivity index (χ2v) is 4.93. The molecule has 0 heterocycles. The van der Waals surface area contributed by atoms with Crippen LogP contribution in [0.25, 0.3) is 0 Å². The molecule has 1 fully saturated rings. The summed E-state index contributed by atoms with van der Waals surface area (Å²) < 4.78 is 0. The van der Waals surface area contributed by atoms with E-state index in [9.17, 15) is 0 Å². The summed E-state index contributed by atoms with van der Waals surface area (Å²) in [5.41, 5.74) is 0. The molecule has 0 heteroatoms. The molecule has 94 valence electrons. The van der Waals surface area contributed by atoms with E-state index in [1.54, 1.807) is 0 Å². The van der Waals surface area contributed by atoms with Crippen LogP contribution in [0.5, 0.6) is 0 Å². The van der Waals surface area contributed by atoms with Crippen LogP contribution in [-0.2, 0) is 0 Å². The van der Waals surface area contributed by atoms with Crippen molar-refractivity contribution in [1.82, 2.24) is 0 Å². The highest BCUT2D eigenvalue weighted by atomic mass is 14.4. The van der Waals surface area contributed by atoms with Crippen molar-refractivity contribution in [2.45, 2.75) is 33.1 Å². The van der Waals surface area contributed by atoms with Crippen molar-refractivity contribution in [3.8, 4) is 0 Å². The van der Waals surface area contributed by atoms with E-state index in [2.05, 4.69) is 63.5 Å². The molecule has 0 aromatic carbocycles. The van der Waals surface area contributed by atoms with E-state index >= 15 is 0 Å². The van der Waals surface area contributed by atoms with Crippen LogP contribution in [0.4, 0.5) is 0 Å². The minimum atomic E-state index is 0.608. The second-order valence-electron chi connectivity index (χ2n) is 4.93. The van der Waals surface area contributed by atoms with Crippen molar-refractivity contribution in [2.24, 2.45) is 23.7 Å². The summed E-state index contributed by atoms with van der Waals surface area (Å²) in [4.78, 5) is 0. The molecule has 1 saturated carbocycles. The van der Waals surface area contributed by atoms with E-state index < -0.39 is 0 Å². The number of hydrogen-bond acceptors (Lipinski definition) is 0. The quantitative estimate of drug-likeness (QED) is 0.553. The van der Waals surface area contributed by atoms with Gasteiger partial charge in [0.05, 0.1) is 0 Å². The van der Waals surface area contributed by atoms with E-state index in [0.717, 1.165) is 12.8 Å². The first-order valence-corrected chi connectivity index (χ1v) is 6.81. The van der Waals surface area contributed by atoms with E-state index in [4.69, 9.17) is 0 Å². The van der Waals surface area contributed by atoms with Gasteiger partial charge in [-0.05, 0) is 49.9 Å². The smallest absolute Gasteiger partial charge is 0.0136 e. The van der Waals surface area contributed by atoms with E-state index in [-0.39, 0.29) is 0 Å². The van der Waals surface area contributed by atoms with Crippen molar-refractivity contribution in [3.63, 3.8) is 0 Å². The predicted octanol–water partition coefficient (Wildman–Crippen LogP) is 5.16. The number of rotatable bonds is 6. The highest BCUT2D eigenvalue weighted by molar-refractivity contribution is 5.10. The summed E-state index contributed by atoms with van der Waals surface area (Å²) in [5.74, 6) is 2.65. The van der Waals surface area contributed by atoms with Crippen molar-refractivity contribution in [1.29, 1.82) is 0 Å². The predicted molar refractivity (Wildman–Crippen MR) is 77.8 cm³/mol. The van der Waals surface area contributed by atoms with Crippen molar-refractivity contribution < 1.29 is 0 Å². The maximum absolute atomic E-state index is 4.04. The van der Waals surface area contributed by atoms with Crippen LogP contribution < -0.4 is 0 Å². The molecule has 0 aliphatic heterocycles. The topological polar surface area (TPSA) is 0 Å².